The summed E-state index contributed by atoms with van der Waals surface area (Å²) in [4.78, 5) is 21.9. The van der Waals surface area contributed by atoms with Crippen LogP contribution in [0.15, 0.2) is 0 Å². The Labute approximate surface area is 61.0 Å². The average molecular weight is 143 g/mol. The van der Waals surface area contributed by atoms with Crippen LogP contribution in [0.3, 0.4) is 0 Å². The molecule has 58 valence electrons. The number of hydrogen-bond donors (Lipinski definition) is 0. The summed E-state index contributed by atoms with van der Waals surface area (Å²) < 4.78 is 0. The Kier molecular flexibility index (Phi) is 4.54. The van der Waals surface area contributed by atoms with Gasteiger partial charge in [-0.15, -0.1) is 0 Å². The van der Waals surface area contributed by atoms with Crippen LogP contribution in [0.1, 0.15) is 19.8 Å². The smallest absolute Gasteiger partial charge is 0.286 e. The highest BCUT2D eigenvalue weighted by molar-refractivity contribution is 6.23. The highest BCUT2D eigenvalue weighted by Gasteiger charge is 2.03. The predicted molar refractivity (Wildman–Crippen MR) is 38.6 cm³/mol. The number of hydrogen-bond acceptors (Lipinski definition) is 2. The molecule has 1 amide bonds. The Morgan fingerprint density at radius 1 is 1.60 bits per heavy atom. The summed E-state index contributed by atoms with van der Waals surface area (Å²) in [7, 11) is 1.63. The fourth-order valence-corrected chi connectivity index (χ4v) is 0.595. The molecule has 0 heterocycles. The van der Waals surface area contributed by atoms with Crippen LogP contribution >= 0.6 is 0 Å². The molecule has 0 aliphatic carbocycles. The summed E-state index contributed by atoms with van der Waals surface area (Å²) in [5, 5.41) is 0. The van der Waals surface area contributed by atoms with E-state index in [1.165, 1.54) is 4.90 Å². The molecule has 0 aromatic carbocycles. The van der Waals surface area contributed by atoms with Gasteiger partial charge in [0, 0.05) is 13.6 Å². The maximum Gasteiger partial charge on any atom is 0.286 e. The lowest BCUT2D eigenvalue weighted by Gasteiger charge is -2.11. The Morgan fingerprint density at radius 3 is 2.60 bits per heavy atom. The van der Waals surface area contributed by atoms with E-state index in [0.717, 1.165) is 12.8 Å². The molecule has 0 spiro atoms. The van der Waals surface area contributed by atoms with E-state index in [-0.39, 0.29) is 0 Å². The van der Waals surface area contributed by atoms with Crippen molar-refractivity contribution in [3.63, 3.8) is 0 Å². The lowest BCUT2D eigenvalue weighted by atomic mass is 10.3. The second-order valence-electron chi connectivity index (χ2n) is 2.23. The van der Waals surface area contributed by atoms with Crippen LogP contribution in [-0.2, 0) is 9.59 Å². The van der Waals surface area contributed by atoms with Gasteiger partial charge < -0.3 is 4.90 Å². The van der Waals surface area contributed by atoms with Gasteiger partial charge in [0.15, 0.2) is 0 Å². The van der Waals surface area contributed by atoms with Crippen molar-refractivity contribution < 1.29 is 9.59 Å². The fourth-order valence-electron chi connectivity index (χ4n) is 0.595. The lowest BCUT2D eigenvalue weighted by Crippen LogP contribution is -2.28. The van der Waals surface area contributed by atoms with E-state index in [4.69, 9.17) is 0 Å². The van der Waals surface area contributed by atoms with E-state index < -0.39 is 5.91 Å². The fraction of sp³-hybridized carbons (Fsp3) is 0.714. The van der Waals surface area contributed by atoms with Gasteiger partial charge in [-0.05, 0) is 6.42 Å². The number of unbranched alkanes of at least 4 members (excludes halogenated alkanes) is 1. The Hall–Kier alpha value is -0.860. The number of aldehydes is 1. The second-order valence-corrected chi connectivity index (χ2v) is 2.23. The third-order valence-corrected chi connectivity index (χ3v) is 1.32. The van der Waals surface area contributed by atoms with Crippen LogP contribution in [-0.4, -0.2) is 30.7 Å². The van der Waals surface area contributed by atoms with Crippen molar-refractivity contribution >= 4 is 12.2 Å². The van der Waals surface area contributed by atoms with Gasteiger partial charge in [0.1, 0.15) is 0 Å². The van der Waals surface area contributed by atoms with Crippen LogP contribution in [0.2, 0.25) is 0 Å². The van der Waals surface area contributed by atoms with Crippen LogP contribution < -0.4 is 0 Å². The van der Waals surface area contributed by atoms with Gasteiger partial charge in [-0.1, -0.05) is 13.3 Å². The quantitative estimate of drug-likeness (QED) is 0.423. The molecule has 0 saturated carbocycles. The maximum absolute atomic E-state index is 10.6. The van der Waals surface area contributed by atoms with E-state index in [1.807, 2.05) is 6.92 Å². The molecule has 0 saturated heterocycles. The van der Waals surface area contributed by atoms with Gasteiger partial charge >= 0.3 is 0 Å². The molecule has 3 nitrogen and oxygen atoms in total. The Morgan fingerprint density at radius 2 is 2.20 bits per heavy atom. The van der Waals surface area contributed by atoms with Gasteiger partial charge in [-0.25, -0.2) is 0 Å². The van der Waals surface area contributed by atoms with Gasteiger partial charge in [0.25, 0.3) is 5.91 Å². The van der Waals surface area contributed by atoms with Crippen LogP contribution in [0.4, 0.5) is 0 Å². The first-order valence-corrected chi connectivity index (χ1v) is 3.42. The summed E-state index contributed by atoms with van der Waals surface area (Å²) >= 11 is 0. The monoisotopic (exact) mass is 143 g/mol. The SMILES string of the molecule is CCCCN(C)C(=O)C=O. The number of amides is 1. The van der Waals surface area contributed by atoms with Gasteiger partial charge in [0.05, 0.1) is 0 Å². The van der Waals surface area contributed by atoms with Gasteiger partial charge in [-0.3, -0.25) is 9.59 Å². The van der Waals surface area contributed by atoms with E-state index in [9.17, 15) is 9.59 Å². The summed E-state index contributed by atoms with van der Waals surface area (Å²) in [6, 6.07) is 0. The maximum atomic E-state index is 10.6. The topological polar surface area (TPSA) is 37.4 Å². The minimum absolute atomic E-state index is 0.343. The van der Waals surface area contributed by atoms with Crippen molar-refractivity contribution in [3.05, 3.63) is 0 Å². The molecule has 3 heteroatoms. The zero-order chi connectivity index (χ0) is 7.98. The lowest BCUT2D eigenvalue weighted by molar-refractivity contribution is -0.137. The van der Waals surface area contributed by atoms with Crippen molar-refractivity contribution in [2.24, 2.45) is 0 Å². The standard InChI is InChI=1S/C7H13NO2/c1-3-4-5-8(2)7(10)6-9/h6H,3-5H2,1-2H3. The predicted octanol–water partition coefficient (Wildman–Crippen LogP) is 0.444. The zero-order valence-electron chi connectivity index (χ0n) is 6.46. The second kappa shape index (κ2) is 4.97. The number of nitrogens with zero attached hydrogens (tertiary/aromatic N) is 1. The molecule has 0 rings (SSSR count). The van der Waals surface area contributed by atoms with Crippen molar-refractivity contribution in [2.45, 2.75) is 19.8 Å². The molecule has 10 heavy (non-hydrogen) atoms. The van der Waals surface area contributed by atoms with Crippen molar-refractivity contribution in [2.75, 3.05) is 13.6 Å². The van der Waals surface area contributed by atoms with E-state index in [1.54, 1.807) is 7.05 Å². The van der Waals surface area contributed by atoms with Gasteiger partial charge in [0.2, 0.25) is 6.29 Å². The molecular formula is C7H13NO2. The molecular weight excluding hydrogens is 130 g/mol. The molecule has 0 aromatic rings. The summed E-state index contributed by atoms with van der Waals surface area (Å²) in [6.07, 6.45) is 2.34. The molecule has 0 bridgehead atoms. The Balaban J connectivity index is 3.51. The Bertz CT molecular complexity index is 123. The van der Waals surface area contributed by atoms with Crippen LogP contribution in [0.5, 0.6) is 0 Å². The summed E-state index contributed by atoms with van der Waals surface area (Å²) in [5.41, 5.74) is 0. The largest absolute Gasteiger partial charge is 0.339 e. The molecule has 0 fully saturated rings. The van der Waals surface area contributed by atoms with Crippen molar-refractivity contribution in [1.29, 1.82) is 0 Å². The molecule has 0 N–H and O–H groups in total. The minimum Gasteiger partial charge on any atom is -0.339 e. The average Bonchev–Trinajstić information content (AvgIpc) is 1.98. The first-order valence-electron chi connectivity index (χ1n) is 3.42. The third-order valence-electron chi connectivity index (χ3n) is 1.32. The molecule has 0 aliphatic rings. The van der Waals surface area contributed by atoms with Crippen LogP contribution in [0, 0.1) is 0 Å². The molecule has 0 aromatic heterocycles. The highest BCUT2D eigenvalue weighted by atomic mass is 16.2. The molecule has 0 radical (unpaired) electrons. The molecule has 0 atom stereocenters. The first kappa shape index (κ1) is 9.14. The van der Waals surface area contributed by atoms with Crippen LogP contribution in [0.25, 0.3) is 0 Å². The highest BCUT2D eigenvalue weighted by Crippen LogP contribution is 1.90. The summed E-state index contributed by atoms with van der Waals surface area (Å²) in [6.45, 7) is 2.72. The number of rotatable bonds is 4. The number of carbonyl (C=O) groups is 2. The van der Waals surface area contributed by atoms with Crippen molar-refractivity contribution in [3.8, 4) is 0 Å². The van der Waals surface area contributed by atoms with E-state index >= 15 is 0 Å². The number of carbonyl (C=O) groups excluding carboxylic acids is 2. The first-order chi connectivity index (χ1) is 4.72. The third kappa shape index (κ3) is 3.22. The minimum atomic E-state index is -0.437. The number of likely N-dealkylation sites (N-methyl/N-ethyl adjacent to an activating group) is 1. The van der Waals surface area contributed by atoms with Crippen molar-refractivity contribution in [1.82, 2.24) is 4.90 Å². The zero-order valence-corrected chi connectivity index (χ0v) is 6.46. The van der Waals surface area contributed by atoms with E-state index in [0.29, 0.717) is 12.8 Å². The normalized spacial score (nSPS) is 9.00. The molecule has 0 aliphatic heterocycles. The van der Waals surface area contributed by atoms with Gasteiger partial charge in [-0.2, -0.15) is 0 Å². The molecule has 0 unspecified atom stereocenters. The van der Waals surface area contributed by atoms with E-state index in [2.05, 4.69) is 0 Å². The summed E-state index contributed by atoms with van der Waals surface area (Å²) in [5.74, 6) is -0.437.